The minimum atomic E-state index is -0.922. The largest absolute Gasteiger partial charge is 0.505 e. The van der Waals surface area contributed by atoms with Crippen LogP contribution in [-0.2, 0) is 30.3 Å². The Morgan fingerprint density at radius 3 is 2.67 bits per heavy atom. The lowest BCUT2D eigenvalue weighted by Gasteiger charge is -2.29. The van der Waals surface area contributed by atoms with E-state index in [1.54, 1.807) is 42.8 Å². The number of allylic oxidation sites excluding steroid dienone is 6. The third kappa shape index (κ3) is 9.98. The van der Waals surface area contributed by atoms with Crippen LogP contribution in [0.4, 0.5) is 5.69 Å². The van der Waals surface area contributed by atoms with Gasteiger partial charge in [-0.2, -0.15) is 0 Å². The van der Waals surface area contributed by atoms with Crippen LogP contribution < -0.4 is 10.6 Å². The number of anilines is 1. The van der Waals surface area contributed by atoms with Crippen LogP contribution in [0.1, 0.15) is 71.3 Å². The highest BCUT2D eigenvalue weighted by atomic mass is 32.1. The molecule has 0 radical (unpaired) electrons. The molecule has 2 bridgehead atoms. The van der Waals surface area contributed by atoms with Crippen molar-refractivity contribution in [3.8, 4) is 5.75 Å². The predicted molar refractivity (Wildman–Crippen MR) is 189 cm³/mol. The van der Waals surface area contributed by atoms with E-state index in [0.29, 0.717) is 47.9 Å². The van der Waals surface area contributed by atoms with E-state index in [-0.39, 0.29) is 29.7 Å². The molecule has 5 unspecified atom stereocenters. The number of amides is 2. The number of aryl methyl sites for hydroxylation is 1. The molecule has 1 aliphatic heterocycles. The maximum absolute atomic E-state index is 13.2. The van der Waals surface area contributed by atoms with Crippen molar-refractivity contribution in [2.75, 3.05) is 12.4 Å². The molecular formula is C37H47N3O7S. The Labute approximate surface area is 286 Å². The number of phenols is 1. The standard InChI is InChI=1S/C37H47N3O7S/c1-23-14-13-18-28-34(43)29(21-30-35(28)48-22-38-30)40-32(41)20-27(46-4)17-11-6-5-7-12-19-31(24(2)33(23)42)47-37(45)25(3)39-36(44)26-15-9-8-10-16-26/h5-7,11-12,14-15,17,21-22,24-25,27,31,33,42-43H,8-10,13,16,18-20H2,1-4H3,(H,39,44)(H,40,41)/b6-5+,12-7+,17-11+,23-14-. The quantitative estimate of drug-likeness (QED) is 0.166. The van der Waals surface area contributed by atoms with Crippen molar-refractivity contribution in [3.63, 3.8) is 0 Å². The van der Waals surface area contributed by atoms with Gasteiger partial charge < -0.3 is 30.3 Å². The minimum absolute atomic E-state index is 0.0163. The van der Waals surface area contributed by atoms with Crippen molar-refractivity contribution in [1.29, 1.82) is 0 Å². The van der Waals surface area contributed by atoms with Crippen LogP contribution in [0.3, 0.4) is 0 Å². The van der Waals surface area contributed by atoms with Gasteiger partial charge in [0.25, 0.3) is 0 Å². The molecule has 2 aromatic rings. The normalized spacial score (nSPS) is 26.8. The first-order chi connectivity index (χ1) is 23.1. The number of phenolic OH excluding ortho intramolecular Hbond substituents is 1. The number of nitrogens with zero attached hydrogens (tertiary/aromatic N) is 1. The van der Waals surface area contributed by atoms with E-state index in [1.165, 1.54) is 18.4 Å². The zero-order valence-corrected chi connectivity index (χ0v) is 28.9. The third-order valence-corrected chi connectivity index (χ3v) is 9.68. The zero-order valence-electron chi connectivity index (χ0n) is 28.1. The van der Waals surface area contributed by atoms with Gasteiger partial charge in [-0.25, -0.2) is 9.78 Å². The van der Waals surface area contributed by atoms with Gasteiger partial charge in [-0.05, 0) is 64.0 Å². The van der Waals surface area contributed by atoms with Crippen molar-refractivity contribution < 1.29 is 34.1 Å². The number of methoxy groups -OCH3 is 1. The first kappa shape index (κ1) is 36.8. The summed E-state index contributed by atoms with van der Waals surface area (Å²) in [5.74, 6) is -1.62. The average Bonchev–Trinajstić information content (AvgIpc) is 3.55. The molecule has 0 fully saturated rings. The van der Waals surface area contributed by atoms with Gasteiger partial charge in [0, 0.05) is 30.6 Å². The minimum Gasteiger partial charge on any atom is -0.505 e. The fourth-order valence-electron chi connectivity index (χ4n) is 5.80. The molecule has 2 amide bonds. The summed E-state index contributed by atoms with van der Waals surface area (Å²) in [5.41, 5.74) is 4.70. The van der Waals surface area contributed by atoms with Gasteiger partial charge in [-0.15, -0.1) is 11.3 Å². The van der Waals surface area contributed by atoms with Crippen LogP contribution in [0.25, 0.3) is 10.2 Å². The number of carbonyl (C=O) groups is 3. The fourth-order valence-corrected chi connectivity index (χ4v) is 6.65. The van der Waals surface area contributed by atoms with Crippen molar-refractivity contribution in [3.05, 3.63) is 76.9 Å². The maximum atomic E-state index is 13.2. The zero-order chi connectivity index (χ0) is 34.6. The molecule has 2 heterocycles. The number of aromatic nitrogens is 1. The fraction of sp³-hybridized carbons (Fsp3) is 0.459. The summed E-state index contributed by atoms with van der Waals surface area (Å²) >= 11 is 1.41. The van der Waals surface area contributed by atoms with Gasteiger partial charge in [0.2, 0.25) is 11.8 Å². The highest BCUT2D eigenvalue weighted by Crippen LogP contribution is 2.38. The van der Waals surface area contributed by atoms with Gasteiger partial charge in [0.05, 0.1) is 40.0 Å². The van der Waals surface area contributed by atoms with E-state index >= 15 is 0 Å². The molecule has 5 atom stereocenters. The van der Waals surface area contributed by atoms with Crippen molar-refractivity contribution in [1.82, 2.24) is 10.3 Å². The number of aliphatic hydroxyl groups is 1. The Morgan fingerprint density at radius 1 is 1.12 bits per heavy atom. The molecule has 11 heteroatoms. The molecule has 1 aromatic heterocycles. The Bertz CT molecular complexity index is 1610. The number of benzene rings is 1. The van der Waals surface area contributed by atoms with Crippen LogP contribution in [0.5, 0.6) is 5.75 Å². The van der Waals surface area contributed by atoms with Crippen LogP contribution in [0, 0.1) is 5.92 Å². The number of esters is 1. The predicted octanol–water partition coefficient (Wildman–Crippen LogP) is 6.21. The van der Waals surface area contributed by atoms with Crippen LogP contribution in [-0.4, -0.2) is 64.4 Å². The lowest BCUT2D eigenvalue weighted by Crippen LogP contribution is -2.43. The number of hydrogen-bond donors (Lipinski definition) is 4. The second-order valence-electron chi connectivity index (χ2n) is 12.3. The smallest absolute Gasteiger partial charge is 0.328 e. The molecule has 2 aliphatic rings. The van der Waals surface area contributed by atoms with E-state index in [1.807, 2.05) is 38.2 Å². The molecular weight excluding hydrogens is 630 g/mol. The Morgan fingerprint density at radius 2 is 1.92 bits per heavy atom. The summed E-state index contributed by atoms with van der Waals surface area (Å²) in [6, 6.07) is 0.806. The molecule has 0 spiro atoms. The number of thiazole rings is 1. The Kier molecular flexibility index (Phi) is 13.7. The van der Waals surface area contributed by atoms with Crippen LogP contribution in [0.2, 0.25) is 0 Å². The number of fused-ring (bicyclic) bond motifs is 4. The van der Waals surface area contributed by atoms with Crippen molar-refractivity contribution in [2.45, 2.75) is 96.5 Å². The van der Waals surface area contributed by atoms with E-state index in [2.05, 4.69) is 15.6 Å². The maximum Gasteiger partial charge on any atom is 0.328 e. The van der Waals surface area contributed by atoms with Crippen LogP contribution in [0.15, 0.2) is 71.3 Å². The third-order valence-electron chi connectivity index (χ3n) is 8.78. The highest BCUT2D eigenvalue weighted by Gasteiger charge is 2.30. The van der Waals surface area contributed by atoms with Gasteiger partial charge in [0.15, 0.2) is 0 Å². The Hall–Kier alpha value is -4.06. The summed E-state index contributed by atoms with van der Waals surface area (Å²) in [5, 5.41) is 28.2. The number of rotatable bonds is 5. The number of nitrogens with one attached hydrogen (secondary N) is 2. The molecule has 4 rings (SSSR count). The summed E-state index contributed by atoms with van der Waals surface area (Å²) in [4.78, 5) is 43.2. The molecule has 0 saturated carbocycles. The second-order valence-corrected chi connectivity index (χ2v) is 13.2. The monoisotopic (exact) mass is 677 g/mol. The molecule has 4 N–H and O–H groups in total. The van der Waals surface area contributed by atoms with E-state index in [0.717, 1.165) is 24.0 Å². The second kappa shape index (κ2) is 17.9. The van der Waals surface area contributed by atoms with E-state index in [9.17, 15) is 24.6 Å². The number of aliphatic hydroxyl groups excluding tert-OH is 1. The number of hydrogen-bond acceptors (Lipinski definition) is 9. The number of aromatic hydroxyl groups is 1. The van der Waals surface area contributed by atoms with Gasteiger partial charge in [0.1, 0.15) is 17.9 Å². The van der Waals surface area contributed by atoms with Gasteiger partial charge in [-0.3, -0.25) is 9.59 Å². The Balaban J connectivity index is 1.57. The molecule has 0 saturated heterocycles. The molecule has 1 aliphatic carbocycles. The molecule has 48 heavy (non-hydrogen) atoms. The molecule has 1 aromatic carbocycles. The summed E-state index contributed by atoms with van der Waals surface area (Å²) in [7, 11) is 1.52. The summed E-state index contributed by atoms with van der Waals surface area (Å²) in [6.45, 7) is 5.27. The highest BCUT2D eigenvalue weighted by molar-refractivity contribution is 7.17. The van der Waals surface area contributed by atoms with Crippen LogP contribution >= 0.6 is 11.3 Å². The summed E-state index contributed by atoms with van der Waals surface area (Å²) in [6.07, 6.45) is 17.4. The van der Waals surface area contributed by atoms with Gasteiger partial charge in [-0.1, -0.05) is 55.5 Å². The molecule has 258 valence electrons. The van der Waals surface area contributed by atoms with Crippen molar-refractivity contribution >= 4 is 45.0 Å². The van der Waals surface area contributed by atoms with E-state index < -0.39 is 36.2 Å². The average molecular weight is 678 g/mol. The van der Waals surface area contributed by atoms with E-state index in [4.69, 9.17) is 9.47 Å². The van der Waals surface area contributed by atoms with Crippen molar-refractivity contribution in [2.24, 2.45) is 5.92 Å². The lowest BCUT2D eigenvalue weighted by atomic mass is 9.90. The topological polar surface area (TPSA) is 147 Å². The molecule has 10 nitrogen and oxygen atoms in total. The number of carbonyl (C=O) groups excluding carboxylic acids is 3. The first-order valence-corrected chi connectivity index (χ1v) is 17.4. The lowest BCUT2D eigenvalue weighted by molar-refractivity contribution is -0.156. The number of ether oxygens (including phenoxy) is 2. The first-order valence-electron chi connectivity index (χ1n) is 16.5. The summed E-state index contributed by atoms with van der Waals surface area (Å²) < 4.78 is 12.2. The SMILES string of the molecule is COC1/C=C/C=C/C=C/CC(OC(=O)C(C)NC(=O)C2=CCCCC2)C(C)C(O)/C(C)=C\CCc2c(O)c(cc3ncsc23)NC(=O)C1. The van der Waals surface area contributed by atoms with Gasteiger partial charge >= 0.3 is 5.97 Å².